The molecule has 1 saturated heterocycles. The van der Waals surface area contributed by atoms with Gasteiger partial charge in [-0.3, -0.25) is 14.5 Å². The number of furan rings is 1. The predicted octanol–water partition coefficient (Wildman–Crippen LogP) is 3.47. The van der Waals surface area contributed by atoms with Gasteiger partial charge in [0.1, 0.15) is 16.7 Å². The van der Waals surface area contributed by atoms with Gasteiger partial charge < -0.3 is 9.32 Å². The average Bonchev–Trinajstić information content (AvgIpc) is 3.66. The van der Waals surface area contributed by atoms with Gasteiger partial charge >= 0.3 is 0 Å². The number of pyridine rings is 1. The molecule has 1 amide bonds. The highest BCUT2D eigenvalue weighted by Gasteiger charge is 2.72. The molecule has 0 N–H and O–H groups in total. The predicted molar refractivity (Wildman–Crippen MR) is 104 cm³/mol. The Labute approximate surface area is 166 Å². The molecule has 7 nitrogen and oxygen atoms in total. The largest absolute Gasteiger partial charge is 0.452 e. The molecule has 0 spiro atoms. The van der Waals surface area contributed by atoms with Crippen molar-refractivity contribution >= 4 is 22.7 Å². The van der Waals surface area contributed by atoms with Gasteiger partial charge in [-0.1, -0.05) is 0 Å². The van der Waals surface area contributed by atoms with Crippen molar-refractivity contribution in [2.24, 2.45) is 17.3 Å². The molecule has 4 fully saturated rings. The highest BCUT2D eigenvalue weighted by molar-refractivity contribution is 6.06. The number of nitriles is 1. The van der Waals surface area contributed by atoms with Crippen LogP contribution in [0.3, 0.4) is 0 Å². The van der Waals surface area contributed by atoms with Gasteiger partial charge in [0.25, 0.3) is 0 Å². The maximum atomic E-state index is 13.2. The standard InChI is InChI=1S/C22H19N5O2/c23-12-21(14-1-2-14)4-6-26(20(21)28)17-3-5-24-16-7-18(29-19(16)17)13-10-25-27(11-13)22-8-15(22)9-22/h3,5,7,10-11,14-15H,1-2,4,6,8-9H2/t15?,21-,22?/m1/s1. The number of aromatic nitrogens is 3. The molecule has 0 bridgehead atoms. The lowest BCUT2D eigenvalue weighted by atomic mass is 9.83. The van der Waals surface area contributed by atoms with Gasteiger partial charge in [0.15, 0.2) is 5.58 Å². The van der Waals surface area contributed by atoms with E-state index >= 15 is 0 Å². The van der Waals surface area contributed by atoms with Gasteiger partial charge in [-0.15, -0.1) is 0 Å². The van der Waals surface area contributed by atoms with E-state index in [1.807, 2.05) is 18.3 Å². The first kappa shape index (κ1) is 15.7. The van der Waals surface area contributed by atoms with Crippen LogP contribution in [0, 0.1) is 28.6 Å². The summed E-state index contributed by atoms with van der Waals surface area (Å²) < 4.78 is 8.27. The minimum absolute atomic E-state index is 0.0895. The van der Waals surface area contributed by atoms with E-state index in [9.17, 15) is 10.1 Å². The molecule has 29 heavy (non-hydrogen) atoms. The number of fused-ring (bicyclic) bond motifs is 2. The molecule has 7 rings (SSSR count). The van der Waals surface area contributed by atoms with Crippen LogP contribution in [0.5, 0.6) is 0 Å². The van der Waals surface area contributed by atoms with Crippen molar-refractivity contribution in [2.75, 3.05) is 11.4 Å². The van der Waals surface area contributed by atoms with Crippen molar-refractivity contribution in [2.45, 2.75) is 37.6 Å². The summed E-state index contributed by atoms with van der Waals surface area (Å²) in [7, 11) is 0. The Hall–Kier alpha value is -3.14. The molecule has 3 aromatic heterocycles. The number of carbonyl (C=O) groups excluding carboxylic acids is 1. The summed E-state index contributed by atoms with van der Waals surface area (Å²) >= 11 is 0. The molecule has 4 aliphatic rings. The summed E-state index contributed by atoms with van der Waals surface area (Å²) in [5, 5.41) is 14.3. The van der Waals surface area contributed by atoms with Crippen LogP contribution in [0.1, 0.15) is 32.1 Å². The minimum Gasteiger partial charge on any atom is -0.452 e. The zero-order valence-corrected chi connectivity index (χ0v) is 15.8. The number of rotatable bonds is 4. The van der Waals surface area contributed by atoms with Gasteiger partial charge in [-0.25, -0.2) is 0 Å². The maximum absolute atomic E-state index is 13.2. The van der Waals surface area contributed by atoms with Crippen molar-refractivity contribution in [3.63, 3.8) is 0 Å². The number of nitrogens with zero attached hydrogens (tertiary/aromatic N) is 5. The zero-order chi connectivity index (χ0) is 19.4. The lowest BCUT2D eigenvalue weighted by Gasteiger charge is -2.20. The molecule has 0 unspecified atom stereocenters. The van der Waals surface area contributed by atoms with Crippen LogP contribution in [-0.4, -0.2) is 27.2 Å². The minimum atomic E-state index is -0.865. The lowest BCUT2D eigenvalue weighted by molar-refractivity contribution is -0.123. The Kier molecular flexibility index (Phi) is 2.65. The Balaban J connectivity index is 1.28. The maximum Gasteiger partial charge on any atom is 0.247 e. The molecule has 144 valence electrons. The first-order valence-electron chi connectivity index (χ1n) is 10.3. The number of anilines is 1. The van der Waals surface area contributed by atoms with E-state index < -0.39 is 5.41 Å². The fourth-order valence-electron chi connectivity index (χ4n) is 5.14. The molecule has 0 radical (unpaired) electrons. The van der Waals surface area contributed by atoms with Crippen molar-refractivity contribution in [3.8, 4) is 17.4 Å². The first-order chi connectivity index (χ1) is 14.1. The molecule has 7 heteroatoms. The van der Waals surface area contributed by atoms with Crippen LogP contribution in [0.2, 0.25) is 0 Å². The molecular weight excluding hydrogens is 366 g/mol. The number of hydrogen-bond donors (Lipinski definition) is 0. The van der Waals surface area contributed by atoms with Gasteiger partial charge in [0.05, 0.1) is 29.1 Å². The van der Waals surface area contributed by atoms with E-state index in [1.165, 1.54) is 12.8 Å². The van der Waals surface area contributed by atoms with Crippen LogP contribution in [0.15, 0.2) is 35.1 Å². The van der Waals surface area contributed by atoms with Crippen LogP contribution in [0.25, 0.3) is 22.4 Å². The third kappa shape index (κ3) is 1.94. The number of amides is 1. The molecule has 3 saturated carbocycles. The number of hydrogen-bond acceptors (Lipinski definition) is 5. The summed E-state index contributed by atoms with van der Waals surface area (Å²) in [6.45, 7) is 0.542. The molecular formula is C22H19N5O2. The van der Waals surface area contributed by atoms with Crippen molar-refractivity contribution in [1.82, 2.24) is 14.8 Å². The van der Waals surface area contributed by atoms with Gasteiger partial charge in [-0.2, -0.15) is 10.4 Å². The Morgan fingerprint density at radius 3 is 2.83 bits per heavy atom. The van der Waals surface area contributed by atoms with Crippen LogP contribution in [-0.2, 0) is 10.3 Å². The quantitative estimate of drug-likeness (QED) is 0.686. The molecule has 1 aliphatic heterocycles. The van der Waals surface area contributed by atoms with Crippen molar-refractivity contribution in [3.05, 3.63) is 30.7 Å². The molecule has 4 heterocycles. The monoisotopic (exact) mass is 385 g/mol. The fraction of sp³-hybridized carbons (Fsp3) is 0.455. The summed E-state index contributed by atoms with van der Waals surface area (Å²) in [5.41, 5.74) is 2.38. The molecule has 1 atom stereocenters. The normalized spacial score (nSPS) is 32.4. The third-order valence-corrected chi connectivity index (χ3v) is 7.48. The average molecular weight is 385 g/mol. The summed E-state index contributed by atoms with van der Waals surface area (Å²) in [6, 6.07) is 6.07. The van der Waals surface area contributed by atoms with Gasteiger partial charge in [0, 0.05) is 25.0 Å². The molecule has 3 aromatic rings. The van der Waals surface area contributed by atoms with Crippen LogP contribution < -0.4 is 4.90 Å². The summed E-state index contributed by atoms with van der Waals surface area (Å²) in [4.78, 5) is 19.4. The highest BCUT2D eigenvalue weighted by atomic mass is 16.3. The lowest BCUT2D eigenvalue weighted by Crippen LogP contribution is -2.35. The second-order valence-corrected chi connectivity index (χ2v) is 9.10. The van der Waals surface area contributed by atoms with Crippen molar-refractivity contribution in [1.29, 1.82) is 5.26 Å². The SMILES string of the molecule is N#C[C@@]1(C2CC2)CCN(c2ccnc3cc(-c4cnn(C56CC5C6)c4)oc23)C1=O. The van der Waals surface area contributed by atoms with Crippen molar-refractivity contribution < 1.29 is 9.21 Å². The van der Waals surface area contributed by atoms with Crippen LogP contribution >= 0.6 is 0 Å². The number of carbonyl (C=O) groups is 1. The fourth-order valence-corrected chi connectivity index (χ4v) is 5.14. The third-order valence-electron chi connectivity index (χ3n) is 7.48. The smallest absolute Gasteiger partial charge is 0.247 e. The second kappa shape index (κ2) is 4.88. The topological polar surface area (TPSA) is 87.9 Å². The Morgan fingerprint density at radius 1 is 1.28 bits per heavy atom. The van der Waals surface area contributed by atoms with Gasteiger partial charge in [-0.05, 0) is 50.0 Å². The summed E-state index contributed by atoms with van der Waals surface area (Å²) in [5.74, 6) is 1.63. The van der Waals surface area contributed by atoms with E-state index in [0.29, 0.717) is 41.1 Å². The van der Waals surface area contributed by atoms with Crippen LogP contribution in [0.4, 0.5) is 5.69 Å². The van der Waals surface area contributed by atoms with E-state index in [1.54, 1.807) is 11.1 Å². The Morgan fingerprint density at radius 2 is 2.10 bits per heavy atom. The van der Waals surface area contributed by atoms with E-state index in [4.69, 9.17) is 4.42 Å². The zero-order valence-electron chi connectivity index (χ0n) is 15.8. The van der Waals surface area contributed by atoms with E-state index in [2.05, 4.69) is 27.0 Å². The van der Waals surface area contributed by atoms with E-state index in [0.717, 1.165) is 24.3 Å². The van der Waals surface area contributed by atoms with E-state index in [-0.39, 0.29) is 11.8 Å². The molecule has 0 aromatic carbocycles. The first-order valence-corrected chi connectivity index (χ1v) is 10.3. The summed E-state index contributed by atoms with van der Waals surface area (Å²) in [6.07, 6.45) is 10.6. The Bertz CT molecular complexity index is 1240. The van der Waals surface area contributed by atoms with Gasteiger partial charge in [0.2, 0.25) is 5.91 Å². The second-order valence-electron chi connectivity index (χ2n) is 9.10. The molecule has 3 aliphatic carbocycles. The highest BCUT2D eigenvalue weighted by Crippen LogP contribution is 2.72.